The van der Waals surface area contributed by atoms with Crippen molar-refractivity contribution in [1.29, 1.82) is 0 Å². The lowest BCUT2D eigenvalue weighted by Gasteiger charge is -2.43. The molecule has 1 atom stereocenters. The fourth-order valence-electron chi connectivity index (χ4n) is 1.39. The molecule has 1 unspecified atom stereocenters. The molecule has 0 spiro atoms. The number of nitrogens with two attached hydrogens (primary N) is 1. The fourth-order valence-corrected chi connectivity index (χ4v) is 1.39. The summed E-state index contributed by atoms with van der Waals surface area (Å²) in [5.74, 6) is 0. The summed E-state index contributed by atoms with van der Waals surface area (Å²) in [5.41, 5.74) is 5.78. The molecule has 2 heteroatoms. The van der Waals surface area contributed by atoms with Gasteiger partial charge in [0.15, 0.2) is 0 Å². The van der Waals surface area contributed by atoms with Gasteiger partial charge in [0, 0.05) is 11.5 Å². The minimum absolute atomic E-state index is 0.0972. The van der Waals surface area contributed by atoms with Gasteiger partial charge >= 0.3 is 0 Å². The first-order valence-electron chi connectivity index (χ1n) is 3.58. The molecule has 2 nitrogen and oxygen atoms in total. The van der Waals surface area contributed by atoms with Crippen molar-refractivity contribution >= 4 is 0 Å². The van der Waals surface area contributed by atoms with E-state index in [0.29, 0.717) is 0 Å². The highest BCUT2D eigenvalue weighted by molar-refractivity contribution is 4.93. The monoisotopic (exact) mass is 129 g/mol. The average Bonchev–Trinajstić information content (AvgIpc) is 1.62. The van der Waals surface area contributed by atoms with E-state index >= 15 is 0 Å². The van der Waals surface area contributed by atoms with Crippen molar-refractivity contribution in [3.8, 4) is 0 Å². The van der Waals surface area contributed by atoms with E-state index < -0.39 is 0 Å². The van der Waals surface area contributed by atoms with Crippen molar-refractivity contribution in [1.82, 2.24) is 0 Å². The molecule has 0 radical (unpaired) electrons. The second kappa shape index (κ2) is 2.27. The van der Waals surface area contributed by atoms with Gasteiger partial charge in [0.2, 0.25) is 0 Å². The summed E-state index contributed by atoms with van der Waals surface area (Å²) in [4.78, 5) is 0. The van der Waals surface area contributed by atoms with Crippen LogP contribution in [-0.4, -0.2) is 17.8 Å². The number of rotatable bonds is 2. The SMILES string of the molecule is CC(N)C1(CO)CCC1. The van der Waals surface area contributed by atoms with Gasteiger partial charge in [-0.05, 0) is 19.8 Å². The van der Waals surface area contributed by atoms with Gasteiger partial charge in [-0.1, -0.05) is 6.42 Å². The van der Waals surface area contributed by atoms with E-state index in [0.717, 1.165) is 12.8 Å². The van der Waals surface area contributed by atoms with Gasteiger partial charge < -0.3 is 10.8 Å². The Morgan fingerprint density at radius 1 is 1.67 bits per heavy atom. The van der Waals surface area contributed by atoms with Gasteiger partial charge in [-0.3, -0.25) is 0 Å². The summed E-state index contributed by atoms with van der Waals surface area (Å²) in [7, 11) is 0. The summed E-state index contributed by atoms with van der Waals surface area (Å²) >= 11 is 0. The van der Waals surface area contributed by atoms with Crippen LogP contribution in [0.1, 0.15) is 26.2 Å². The smallest absolute Gasteiger partial charge is 0.0502 e. The summed E-state index contributed by atoms with van der Waals surface area (Å²) in [6, 6.07) is 0.163. The Hall–Kier alpha value is -0.0800. The summed E-state index contributed by atoms with van der Waals surface area (Å²) < 4.78 is 0. The molecule has 0 aromatic rings. The number of aliphatic hydroxyl groups is 1. The van der Waals surface area contributed by atoms with Gasteiger partial charge in [0.05, 0.1) is 6.61 Å². The Morgan fingerprint density at radius 2 is 2.22 bits per heavy atom. The van der Waals surface area contributed by atoms with E-state index in [4.69, 9.17) is 10.8 Å². The van der Waals surface area contributed by atoms with Crippen LogP contribution in [0.25, 0.3) is 0 Å². The zero-order valence-corrected chi connectivity index (χ0v) is 5.93. The zero-order chi connectivity index (χ0) is 6.91. The minimum atomic E-state index is 0.0972. The summed E-state index contributed by atoms with van der Waals surface area (Å²) in [5, 5.41) is 8.93. The molecule has 9 heavy (non-hydrogen) atoms. The first-order valence-corrected chi connectivity index (χ1v) is 3.58. The standard InChI is InChI=1S/C7H15NO/c1-6(8)7(5-9)3-2-4-7/h6,9H,2-5,8H2,1H3. The lowest BCUT2D eigenvalue weighted by atomic mass is 9.65. The molecule has 0 heterocycles. The number of aliphatic hydroxyl groups excluding tert-OH is 1. The predicted molar refractivity (Wildman–Crippen MR) is 37.0 cm³/mol. The van der Waals surface area contributed by atoms with Crippen LogP contribution in [-0.2, 0) is 0 Å². The molecule has 0 saturated heterocycles. The Balaban J connectivity index is 2.46. The maximum absolute atomic E-state index is 8.93. The Morgan fingerprint density at radius 3 is 2.22 bits per heavy atom. The normalized spacial score (nSPS) is 27.0. The first kappa shape index (κ1) is 7.03. The molecule has 1 fully saturated rings. The third kappa shape index (κ3) is 0.970. The highest BCUT2D eigenvalue weighted by Crippen LogP contribution is 2.42. The van der Waals surface area contributed by atoms with Crippen LogP contribution in [0.2, 0.25) is 0 Å². The lowest BCUT2D eigenvalue weighted by molar-refractivity contribution is 0.0247. The van der Waals surface area contributed by atoms with E-state index in [-0.39, 0.29) is 18.1 Å². The van der Waals surface area contributed by atoms with E-state index in [1.807, 2.05) is 6.92 Å². The van der Waals surface area contributed by atoms with Crippen molar-refractivity contribution in [3.63, 3.8) is 0 Å². The molecular formula is C7H15NO. The molecule has 0 amide bonds. The van der Waals surface area contributed by atoms with Crippen molar-refractivity contribution < 1.29 is 5.11 Å². The fraction of sp³-hybridized carbons (Fsp3) is 1.00. The molecule has 54 valence electrons. The van der Waals surface area contributed by atoms with Gasteiger partial charge in [0.1, 0.15) is 0 Å². The third-order valence-electron chi connectivity index (χ3n) is 2.63. The highest BCUT2D eigenvalue weighted by atomic mass is 16.3. The van der Waals surface area contributed by atoms with Crippen LogP contribution in [0.5, 0.6) is 0 Å². The summed E-state index contributed by atoms with van der Waals surface area (Å²) in [6.45, 7) is 2.25. The Labute approximate surface area is 56.1 Å². The molecule has 0 aliphatic heterocycles. The predicted octanol–water partition coefficient (Wildman–Crippen LogP) is 0.496. The summed E-state index contributed by atoms with van der Waals surface area (Å²) in [6.07, 6.45) is 3.46. The first-order chi connectivity index (χ1) is 4.21. The molecule has 0 aromatic heterocycles. The maximum atomic E-state index is 8.93. The van der Waals surface area contributed by atoms with Crippen molar-refractivity contribution in [2.24, 2.45) is 11.1 Å². The minimum Gasteiger partial charge on any atom is -0.396 e. The highest BCUT2D eigenvalue weighted by Gasteiger charge is 2.39. The Kier molecular flexibility index (Phi) is 1.78. The molecule has 1 aliphatic carbocycles. The molecule has 1 aliphatic rings. The molecule has 3 N–H and O–H groups in total. The van der Waals surface area contributed by atoms with Crippen LogP contribution in [0.3, 0.4) is 0 Å². The van der Waals surface area contributed by atoms with Crippen molar-refractivity contribution in [2.75, 3.05) is 6.61 Å². The maximum Gasteiger partial charge on any atom is 0.0502 e. The largest absolute Gasteiger partial charge is 0.396 e. The van der Waals surface area contributed by atoms with Gasteiger partial charge in [0.25, 0.3) is 0 Å². The molecule has 0 bridgehead atoms. The number of hydrogen-bond donors (Lipinski definition) is 2. The van der Waals surface area contributed by atoms with E-state index in [1.54, 1.807) is 0 Å². The second-order valence-electron chi connectivity index (χ2n) is 3.16. The third-order valence-corrected chi connectivity index (χ3v) is 2.63. The van der Waals surface area contributed by atoms with E-state index in [2.05, 4.69) is 0 Å². The molecular weight excluding hydrogens is 114 g/mol. The van der Waals surface area contributed by atoms with Crippen molar-refractivity contribution in [3.05, 3.63) is 0 Å². The lowest BCUT2D eigenvalue weighted by Crippen LogP contribution is -2.47. The average molecular weight is 129 g/mol. The van der Waals surface area contributed by atoms with Crippen LogP contribution < -0.4 is 5.73 Å². The van der Waals surface area contributed by atoms with Crippen LogP contribution in [0.15, 0.2) is 0 Å². The van der Waals surface area contributed by atoms with Gasteiger partial charge in [-0.25, -0.2) is 0 Å². The molecule has 0 aromatic carbocycles. The van der Waals surface area contributed by atoms with Crippen LogP contribution in [0.4, 0.5) is 0 Å². The van der Waals surface area contributed by atoms with Crippen LogP contribution >= 0.6 is 0 Å². The number of hydrogen-bond acceptors (Lipinski definition) is 2. The quantitative estimate of drug-likeness (QED) is 0.570. The van der Waals surface area contributed by atoms with E-state index in [9.17, 15) is 0 Å². The van der Waals surface area contributed by atoms with Crippen molar-refractivity contribution in [2.45, 2.75) is 32.2 Å². The topological polar surface area (TPSA) is 46.2 Å². The molecule has 1 saturated carbocycles. The van der Waals surface area contributed by atoms with E-state index in [1.165, 1.54) is 6.42 Å². The van der Waals surface area contributed by atoms with Crippen LogP contribution in [0, 0.1) is 5.41 Å². The molecule has 1 rings (SSSR count). The van der Waals surface area contributed by atoms with Gasteiger partial charge in [-0.15, -0.1) is 0 Å². The Bertz CT molecular complexity index is 91.6. The second-order valence-corrected chi connectivity index (χ2v) is 3.16. The zero-order valence-electron chi connectivity index (χ0n) is 5.93. The van der Waals surface area contributed by atoms with Gasteiger partial charge in [-0.2, -0.15) is 0 Å².